The van der Waals surface area contributed by atoms with Gasteiger partial charge in [0.25, 0.3) is 5.91 Å². The van der Waals surface area contributed by atoms with Crippen molar-refractivity contribution in [3.05, 3.63) is 106 Å². The molecule has 0 aliphatic carbocycles. The van der Waals surface area contributed by atoms with Gasteiger partial charge in [-0.1, -0.05) is 31.2 Å². The van der Waals surface area contributed by atoms with Gasteiger partial charge >= 0.3 is 0 Å². The Labute approximate surface area is 186 Å². The number of rotatable bonds is 7. The first-order valence-electron chi connectivity index (χ1n) is 10.2. The molecule has 0 bridgehead atoms. The molecule has 2 N–H and O–H groups in total. The summed E-state index contributed by atoms with van der Waals surface area (Å²) < 4.78 is 0. The number of nitrogens with one attached hydrogen (secondary N) is 2. The van der Waals surface area contributed by atoms with E-state index in [4.69, 9.17) is 0 Å². The van der Waals surface area contributed by atoms with Crippen molar-refractivity contribution in [2.75, 3.05) is 10.6 Å². The van der Waals surface area contributed by atoms with Gasteiger partial charge in [0.1, 0.15) is 10.8 Å². The summed E-state index contributed by atoms with van der Waals surface area (Å²) in [5.41, 5.74) is 3.59. The molecule has 0 saturated heterocycles. The minimum atomic E-state index is -0.252. The molecule has 4 aromatic rings. The van der Waals surface area contributed by atoms with E-state index in [1.54, 1.807) is 23.7 Å². The molecule has 5 nitrogen and oxygen atoms in total. The number of hydrogen-bond donors (Lipinski definition) is 2. The van der Waals surface area contributed by atoms with Crippen molar-refractivity contribution in [1.82, 2.24) is 9.97 Å². The molecule has 0 radical (unpaired) electrons. The maximum atomic E-state index is 12.9. The number of anilines is 2. The monoisotopic (exact) mass is 428 g/mol. The second-order valence-electron chi connectivity index (χ2n) is 7.22. The van der Waals surface area contributed by atoms with Crippen LogP contribution in [0.4, 0.5) is 10.8 Å². The maximum Gasteiger partial charge on any atom is 0.256 e. The van der Waals surface area contributed by atoms with Gasteiger partial charge in [0.05, 0.1) is 11.7 Å². The van der Waals surface area contributed by atoms with Gasteiger partial charge in [-0.05, 0) is 61.4 Å². The molecule has 31 heavy (non-hydrogen) atoms. The first kappa shape index (κ1) is 20.8. The topological polar surface area (TPSA) is 66.9 Å². The molecule has 1 amide bonds. The molecule has 0 saturated carbocycles. The standard InChI is InChI=1S/C25H24N4OS/c1-3-19-16-20(25(31-19)29-24(30)18-9-5-4-6-10-18)23(21-11-7-8-13-26-21)28-22-15-17(2)12-14-27-22/h4-16,23H,3H2,1-2H3,(H,27,28)(H,29,30). The van der Waals surface area contributed by atoms with E-state index in [1.807, 2.05) is 67.6 Å². The summed E-state index contributed by atoms with van der Waals surface area (Å²) in [7, 11) is 0. The van der Waals surface area contributed by atoms with Crippen LogP contribution in [0.15, 0.2) is 79.1 Å². The SMILES string of the molecule is CCc1cc(C(Nc2cc(C)ccn2)c2ccccn2)c(NC(=O)c2ccccc2)s1. The van der Waals surface area contributed by atoms with E-state index in [0.717, 1.165) is 34.1 Å². The average Bonchev–Trinajstić information content (AvgIpc) is 3.21. The number of carbonyl (C=O) groups is 1. The zero-order chi connectivity index (χ0) is 21.6. The molecule has 1 aromatic carbocycles. The minimum absolute atomic E-state index is 0.125. The molecule has 3 aromatic heterocycles. The molecule has 0 spiro atoms. The van der Waals surface area contributed by atoms with Crippen LogP contribution in [0.5, 0.6) is 0 Å². The van der Waals surface area contributed by atoms with Gasteiger partial charge in [0.2, 0.25) is 0 Å². The Morgan fingerprint density at radius 2 is 1.81 bits per heavy atom. The Bertz CT molecular complexity index is 1160. The fourth-order valence-electron chi connectivity index (χ4n) is 3.33. The number of nitrogens with zero attached hydrogens (tertiary/aromatic N) is 2. The summed E-state index contributed by atoms with van der Waals surface area (Å²) in [5.74, 6) is 0.639. The second-order valence-corrected chi connectivity index (χ2v) is 8.36. The van der Waals surface area contributed by atoms with E-state index >= 15 is 0 Å². The lowest BCUT2D eigenvalue weighted by molar-refractivity contribution is 0.102. The molecule has 0 aliphatic heterocycles. The Morgan fingerprint density at radius 3 is 2.52 bits per heavy atom. The number of benzene rings is 1. The van der Waals surface area contributed by atoms with Crippen LogP contribution < -0.4 is 10.6 Å². The average molecular weight is 429 g/mol. The Hall–Kier alpha value is -3.51. The van der Waals surface area contributed by atoms with Crippen molar-refractivity contribution >= 4 is 28.1 Å². The van der Waals surface area contributed by atoms with E-state index < -0.39 is 0 Å². The molecule has 1 unspecified atom stereocenters. The number of thiophene rings is 1. The zero-order valence-corrected chi connectivity index (χ0v) is 18.3. The van der Waals surface area contributed by atoms with E-state index in [2.05, 4.69) is 33.6 Å². The number of aromatic nitrogens is 2. The van der Waals surface area contributed by atoms with E-state index in [9.17, 15) is 4.79 Å². The molecule has 3 heterocycles. The maximum absolute atomic E-state index is 12.9. The number of carbonyl (C=O) groups excluding carboxylic acids is 1. The highest BCUT2D eigenvalue weighted by molar-refractivity contribution is 7.16. The molecule has 156 valence electrons. The lowest BCUT2D eigenvalue weighted by Gasteiger charge is -2.20. The third-order valence-corrected chi connectivity index (χ3v) is 6.14. The van der Waals surface area contributed by atoms with Crippen LogP contribution in [-0.4, -0.2) is 15.9 Å². The van der Waals surface area contributed by atoms with E-state index in [1.165, 1.54) is 4.88 Å². The first-order valence-corrected chi connectivity index (χ1v) is 11.0. The molecule has 6 heteroatoms. The third-order valence-electron chi connectivity index (χ3n) is 4.93. The molecule has 0 aliphatic rings. The van der Waals surface area contributed by atoms with Gasteiger partial charge in [0, 0.05) is 28.4 Å². The summed E-state index contributed by atoms with van der Waals surface area (Å²) in [6.45, 7) is 4.15. The number of pyridine rings is 2. The van der Waals surface area contributed by atoms with Gasteiger partial charge < -0.3 is 10.6 Å². The predicted molar refractivity (Wildman–Crippen MR) is 127 cm³/mol. The highest BCUT2D eigenvalue weighted by atomic mass is 32.1. The largest absolute Gasteiger partial charge is 0.357 e. The van der Waals surface area contributed by atoms with Crippen LogP contribution in [0.3, 0.4) is 0 Å². The van der Waals surface area contributed by atoms with Crippen molar-refractivity contribution in [2.45, 2.75) is 26.3 Å². The highest BCUT2D eigenvalue weighted by Gasteiger charge is 2.23. The van der Waals surface area contributed by atoms with Crippen LogP contribution >= 0.6 is 11.3 Å². The van der Waals surface area contributed by atoms with Crippen molar-refractivity contribution in [3.63, 3.8) is 0 Å². The van der Waals surface area contributed by atoms with Crippen molar-refractivity contribution in [3.8, 4) is 0 Å². The van der Waals surface area contributed by atoms with Crippen LogP contribution in [0.25, 0.3) is 0 Å². The Balaban J connectivity index is 1.73. The third kappa shape index (κ3) is 4.98. The molecular formula is C25H24N4OS. The normalized spacial score (nSPS) is 11.7. The molecule has 4 rings (SSSR count). The fraction of sp³-hybridized carbons (Fsp3) is 0.160. The van der Waals surface area contributed by atoms with Gasteiger partial charge in [-0.15, -0.1) is 11.3 Å². The van der Waals surface area contributed by atoms with Gasteiger partial charge in [-0.25, -0.2) is 4.98 Å². The predicted octanol–water partition coefficient (Wildman–Crippen LogP) is 5.86. The quantitative estimate of drug-likeness (QED) is 0.387. The lowest BCUT2D eigenvalue weighted by Crippen LogP contribution is -2.18. The highest BCUT2D eigenvalue weighted by Crippen LogP contribution is 2.37. The van der Waals surface area contributed by atoms with Gasteiger partial charge in [0.15, 0.2) is 0 Å². The van der Waals surface area contributed by atoms with Crippen molar-refractivity contribution in [1.29, 1.82) is 0 Å². The lowest BCUT2D eigenvalue weighted by atomic mass is 10.0. The second kappa shape index (κ2) is 9.53. The Morgan fingerprint density at radius 1 is 1.00 bits per heavy atom. The van der Waals surface area contributed by atoms with Crippen molar-refractivity contribution in [2.24, 2.45) is 0 Å². The van der Waals surface area contributed by atoms with Gasteiger partial charge in [-0.3, -0.25) is 9.78 Å². The Kier molecular flexibility index (Phi) is 6.38. The smallest absolute Gasteiger partial charge is 0.256 e. The molecular weight excluding hydrogens is 404 g/mol. The summed E-state index contributed by atoms with van der Waals surface area (Å²) in [6.07, 6.45) is 4.45. The summed E-state index contributed by atoms with van der Waals surface area (Å²) in [6, 6.07) is 21.0. The van der Waals surface area contributed by atoms with Crippen LogP contribution in [0.1, 0.15) is 45.0 Å². The number of amides is 1. The van der Waals surface area contributed by atoms with Crippen LogP contribution in [0, 0.1) is 6.92 Å². The van der Waals surface area contributed by atoms with Crippen LogP contribution in [-0.2, 0) is 6.42 Å². The van der Waals surface area contributed by atoms with E-state index in [0.29, 0.717) is 5.56 Å². The first-order chi connectivity index (χ1) is 15.1. The van der Waals surface area contributed by atoms with Crippen LogP contribution in [0.2, 0.25) is 0 Å². The fourth-order valence-corrected chi connectivity index (χ4v) is 4.36. The molecule has 1 atom stereocenters. The summed E-state index contributed by atoms with van der Waals surface area (Å²) in [4.78, 5) is 23.1. The summed E-state index contributed by atoms with van der Waals surface area (Å²) >= 11 is 1.60. The van der Waals surface area contributed by atoms with Gasteiger partial charge in [-0.2, -0.15) is 0 Å². The molecule has 0 fully saturated rings. The zero-order valence-electron chi connectivity index (χ0n) is 17.5. The number of hydrogen-bond acceptors (Lipinski definition) is 5. The minimum Gasteiger partial charge on any atom is -0.357 e. The number of aryl methyl sites for hydroxylation is 2. The summed E-state index contributed by atoms with van der Waals surface area (Å²) in [5, 5.41) is 7.47. The van der Waals surface area contributed by atoms with Crippen molar-refractivity contribution < 1.29 is 4.79 Å². The van der Waals surface area contributed by atoms with E-state index in [-0.39, 0.29) is 11.9 Å².